The van der Waals surface area contributed by atoms with Crippen LogP contribution < -0.4 is 9.47 Å². The van der Waals surface area contributed by atoms with Crippen molar-refractivity contribution in [2.45, 2.75) is 12.8 Å². The second kappa shape index (κ2) is 6.04. The van der Waals surface area contributed by atoms with E-state index in [9.17, 15) is 4.79 Å². The molecule has 0 saturated heterocycles. The minimum Gasteiger partial charge on any atom is -0.486 e. The Kier molecular flexibility index (Phi) is 3.73. The molecule has 0 saturated carbocycles. The second-order valence-corrected chi connectivity index (χ2v) is 5.85. The number of methoxy groups -OCH3 is 1. The van der Waals surface area contributed by atoms with E-state index in [-0.39, 0.29) is 5.97 Å². The first-order valence-electron chi connectivity index (χ1n) is 8.08. The fraction of sp³-hybridized carbons (Fsp3) is 0.250. The second-order valence-electron chi connectivity index (χ2n) is 5.85. The molecular formula is C20H18O4. The summed E-state index contributed by atoms with van der Waals surface area (Å²) in [5.41, 5.74) is 4.95. The predicted molar refractivity (Wildman–Crippen MR) is 90.6 cm³/mol. The van der Waals surface area contributed by atoms with Gasteiger partial charge >= 0.3 is 5.97 Å². The monoisotopic (exact) mass is 322 g/mol. The zero-order valence-corrected chi connectivity index (χ0v) is 13.5. The number of allylic oxidation sites excluding steroid dienone is 1. The van der Waals surface area contributed by atoms with Crippen LogP contribution in [0.25, 0.3) is 5.57 Å². The SMILES string of the molecule is COC(=O)c1ccc2c(c1)C(c1cccc3c1OCCO3)=CCC2. The molecule has 0 atom stereocenters. The molecule has 0 radical (unpaired) electrons. The predicted octanol–water partition coefficient (Wildman–Crippen LogP) is 3.62. The van der Waals surface area contributed by atoms with Gasteiger partial charge in [-0.2, -0.15) is 0 Å². The fourth-order valence-electron chi connectivity index (χ4n) is 3.31. The van der Waals surface area contributed by atoms with Crippen molar-refractivity contribution < 1.29 is 19.0 Å². The smallest absolute Gasteiger partial charge is 0.337 e. The zero-order valence-electron chi connectivity index (χ0n) is 13.5. The van der Waals surface area contributed by atoms with E-state index in [1.807, 2.05) is 36.4 Å². The molecule has 0 spiro atoms. The first kappa shape index (κ1) is 14.8. The van der Waals surface area contributed by atoms with Gasteiger partial charge in [0.15, 0.2) is 11.5 Å². The Morgan fingerprint density at radius 3 is 2.83 bits per heavy atom. The van der Waals surface area contributed by atoms with Crippen molar-refractivity contribution in [3.63, 3.8) is 0 Å². The molecule has 24 heavy (non-hydrogen) atoms. The van der Waals surface area contributed by atoms with Crippen LogP contribution in [0.2, 0.25) is 0 Å². The Morgan fingerprint density at radius 1 is 1.08 bits per heavy atom. The lowest BCUT2D eigenvalue weighted by Crippen LogP contribution is -2.17. The number of carbonyl (C=O) groups excluding carboxylic acids is 1. The third-order valence-electron chi connectivity index (χ3n) is 4.44. The zero-order chi connectivity index (χ0) is 16.5. The molecule has 2 aromatic rings. The molecule has 4 rings (SSSR count). The molecule has 4 nitrogen and oxygen atoms in total. The van der Waals surface area contributed by atoms with E-state index in [1.165, 1.54) is 12.7 Å². The quantitative estimate of drug-likeness (QED) is 0.792. The Morgan fingerprint density at radius 2 is 1.96 bits per heavy atom. The van der Waals surface area contributed by atoms with Crippen LogP contribution in [0, 0.1) is 0 Å². The molecule has 4 heteroatoms. The number of hydrogen-bond acceptors (Lipinski definition) is 4. The molecule has 1 heterocycles. The van der Waals surface area contributed by atoms with Crippen molar-refractivity contribution in [1.82, 2.24) is 0 Å². The Bertz CT molecular complexity index is 836. The molecule has 2 aliphatic rings. The summed E-state index contributed by atoms with van der Waals surface area (Å²) in [6.45, 7) is 1.12. The van der Waals surface area contributed by atoms with Gasteiger partial charge < -0.3 is 14.2 Å². The Labute approximate surface area is 140 Å². The van der Waals surface area contributed by atoms with Crippen molar-refractivity contribution in [2.24, 2.45) is 0 Å². The highest BCUT2D eigenvalue weighted by Crippen LogP contribution is 2.42. The van der Waals surface area contributed by atoms with Gasteiger partial charge in [-0.25, -0.2) is 4.79 Å². The molecule has 0 N–H and O–H groups in total. The van der Waals surface area contributed by atoms with Crippen LogP contribution >= 0.6 is 0 Å². The van der Waals surface area contributed by atoms with E-state index in [4.69, 9.17) is 14.2 Å². The Hall–Kier alpha value is -2.75. The number of para-hydroxylation sites is 1. The van der Waals surface area contributed by atoms with Gasteiger partial charge in [0.2, 0.25) is 0 Å². The first-order chi connectivity index (χ1) is 11.8. The van der Waals surface area contributed by atoms with E-state index in [1.54, 1.807) is 0 Å². The van der Waals surface area contributed by atoms with Crippen molar-refractivity contribution in [3.8, 4) is 11.5 Å². The highest BCUT2D eigenvalue weighted by atomic mass is 16.6. The molecule has 0 fully saturated rings. The molecule has 0 amide bonds. The van der Waals surface area contributed by atoms with Crippen LogP contribution in [0.5, 0.6) is 11.5 Å². The molecule has 0 unspecified atom stereocenters. The van der Waals surface area contributed by atoms with Crippen LogP contribution in [0.3, 0.4) is 0 Å². The topological polar surface area (TPSA) is 44.8 Å². The van der Waals surface area contributed by atoms with E-state index >= 15 is 0 Å². The molecule has 0 bridgehead atoms. The normalized spacial score (nSPS) is 15.3. The lowest BCUT2D eigenvalue weighted by atomic mass is 9.85. The summed E-state index contributed by atoms with van der Waals surface area (Å²) in [5.74, 6) is 1.24. The maximum Gasteiger partial charge on any atom is 0.337 e. The van der Waals surface area contributed by atoms with Crippen molar-refractivity contribution in [3.05, 3.63) is 64.7 Å². The van der Waals surface area contributed by atoms with E-state index in [0.29, 0.717) is 18.8 Å². The number of benzene rings is 2. The Balaban J connectivity index is 1.84. The van der Waals surface area contributed by atoms with Gasteiger partial charge in [-0.15, -0.1) is 0 Å². The third kappa shape index (κ3) is 2.44. The summed E-state index contributed by atoms with van der Waals surface area (Å²) >= 11 is 0. The maximum atomic E-state index is 11.9. The van der Waals surface area contributed by atoms with Gasteiger partial charge in [-0.05, 0) is 47.7 Å². The fourth-order valence-corrected chi connectivity index (χ4v) is 3.31. The molecular weight excluding hydrogens is 304 g/mol. The van der Waals surface area contributed by atoms with E-state index in [0.717, 1.165) is 41.0 Å². The number of carbonyl (C=O) groups is 1. The van der Waals surface area contributed by atoms with E-state index in [2.05, 4.69) is 6.08 Å². The number of aryl methyl sites for hydroxylation is 1. The number of fused-ring (bicyclic) bond motifs is 2. The summed E-state index contributed by atoms with van der Waals surface area (Å²) in [7, 11) is 1.40. The summed E-state index contributed by atoms with van der Waals surface area (Å²) in [6, 6.07) is 11.7. The summed E-state index contributed by atoms with van der Waals surface area (Å²) in [6.07, 6.45) is 4.13. The van der Waals surface area contributed by atoms with Crippen LogP contribution in [0.15, 0.2) is 42.5 Å². The number of rotatable bonds is 2. The minimum absolute atomic E-state index is 0.322. The molecule has 1 aliphatic heterocycles. The van der Waals surface area contributed by atoms with Gasteiger partial charge in [0.05, 0.1) is 12.7 Å². The molecule has 0 aromatic heterocycles. The van der Waals surface area contributed by atoms with Gasteiger partial charge in [0.25, 0.3) is 0 Å². The molecule has 2 aromatic carbocycles. The van der Waals surface area contributed by atoms with Crippen LogP contribution in [0.4, 0.5) is 0 Å². The summed E-state index contributed by atoms with van der Waals surface area (Å²) < 4.78 is 16.4. The van der Waals surface area contributed by atoms with Gasteiger partial charge in [0.1, 0.15) is 13.2 Å². The van der Waals surface area contributed by atoms with Crippen molar-refractivity contribution in [2.75, 3.05) is 20.3 Å². The van der Waals surface area contributed by atoms with Gasteiger partial charge in [-0.1, -0.05) is 24.3 Å². The van der Waals surface area contributed by atoms with Crippen LogP contribution in [0.1, 0.15) is 33.5 Å². The largest absolute Gasteiger partial charge is 0.486 e. The van der Waals surface area contributed by atoms with Crippen LogP contribution in [-0.2, 0) is 11.2 Å². The average molecular weight is 322 g/mol. The van der Waals surface area contributed by atoms with Gasteiger partial charge in [-0.3, -0.25) is 0 Å². The maximum absolute atomic E-state index is 11.9. The standard InChI is InChI=1S/C20H18O4/c1-22-20(21)14-9-8-13-4-2-5-15(17(13)12-14)16-6-3-7-18-19(16)24-11-10-23-18/h3,5-9,12H,2,4,10-11H2,1H3. The summed E-state index contributed by atoms with van der Waals surface area (Å²) in [5, 5.41) is 0. The molecule has 122 valence electrons. The van der Waals surface area contributed by atoms with Gasteiger partial charge in [0, 0.05) is 5.56 Å². The lowest BCUT2D eigenvalue weighted by Gasteiger charge is -2.24. The van der Waals surface area contributed by atoms with Crippen molar-refractivity contribution >= 4 is 11.5 Å². The van der Waals surface area contributed by atoms with E-state index < -0.39 is 0 Å². The number of esters is 1. The highest BCUT2D eigenvalue weighted by molar-refractivity contribution is 5.93. The van der Waals surface area contributed by atoms with Crippen LogP contribution in [-0.4, -0.2) is 26.3 Å². The number of hydrogen-bond donors (Lipinski definition) is 0. The summed E-state index contributed by atoms with van der Waals surface area (Å²) in [4.78, 5) is 11.9. The minimum atomic E-state index is -0.322. The molecule has 1 aliphatic carbocycles. The average Bonchev–Trinajstić information content (AvgIpc) is 2.66. The van der Waals surface area contributed by atoms with Crippen molar-refractivity contribution in [1.29, 1.82) is 0 Å². The first-order valence-corrected chi connectivity index (χ1v) is 8.08. The highest BCUT2D eigenvalue weighted by Gasteiger charge is 2.23. The third-order valence-corrected chi connectivity index (χ3v) is 4.44. The lowest BCUT2D eigenvalue weighted by molar-refractivity contribution is 0.0600. The number of ether oxygens (including phenoxy) is 3.